The topological polar surface area (TPSA) is 201 Å². The molecular formula is C56H61Br6Cl5O14S2. The molecule has 0 amide bonds. The van der Waals surface area contributed by atoms with Crippen molar-refractivity contribution >= 4 is 183 Å². The quantitative estimate of drug-likeness (QED) is 0.0852. The van der Waals surface area contributed by atoms with Gasteiger partial charge < -0.3 is 43.7 Å². The number of carboxylic acids is 2. The number of carbonyl (C=O) groups is 3. The summed E-state index contributed by atoms with van der Waals surface area (Å²) in [6, 6.07) is 20.5. The van der Waals surface area contributed by atoms with Gasteiger partial charge in [-0.1, -0.05) is 75.9 Å². The number of esters is 1. The van der Waals surface area contributed by atoms with E-state index in [4.69, 9.17) is 58.7 Å². The maximum absolute atomic E-state index is 11.6. The predicted molar refractivity (Wildman–Crippen MR) is 353 cm³/mol. The van der Waals surface area contributed by atoms with Gasteiger partial charge in [-0.25, -0.2) is 22.8 Å². The van der Waals surface area contributed by atoms with Crippen LogP contribution in [0.1, 0.15) is 139 Å². The Balaban J connectivity index is 0.000000261. The van der Waals surface area contributed by atoms with Crippen molar-refractivity contribution in [1.82, 2.24) is 0 Å². The van der Waals surface area contributed by atoms with Gasteiger partial charge in [0, 0.05) is 143 Å². The van der Waals surface area contributed by atoms with Crippen molar-refractivity contribution in [3.8, 4) is 28.7 Å². The smallest absolute Gasteiger partial charge is 0.341 e. The third-order valence-electron chi connectivity index (χ3n) is 11.9. The Morgan fingerprint density at radius 3 is 1.13 bits per heavy atom. The fraction of sp³-hybridized carbons (Fsp3) is 0.411. The van der Waals surface area contributed by atoms with E-state index < -0.39 is 30.4 Å². The van der Waals surface area contributed by atoms with Crippen LogP contribution in [0.3, 0.4) is 0 Å². The Kier molecular flexibility index (Phi) is 29.5. The molecule has 3 N–H and O–H groups in total. The molecule has 458 valence electrons. The molecule has 5 aliphatic rings. The summed E-state index contributed by atoms with van der Waals surface area (Å²) in [5, 5.41) is 27.2. The fourth-order valence-electron chi connectivity index (χ4n) is 9.26. The van der Waals surface area contributed by atoms with E-state index in [1.807, 2.05) is 71.9 Å². The second-order valence-electron chi connectivity index (χ2n) is 21.7. The van der Waals surface area contributed by atoms with Gasteiger partial charge in [-0.2, -0.15) is 0 Å². The van der Waals surface area contributed by atoms with Crippen molar-refractivity contribution in [2.24, 2.45) is 0 Å². The summed E-state index contributed by atoms with van der Waals surface area (Å²) < 4.78 is 55.3. The Bertz CT molecular complexity index is 3110. The van der Waals surface area contributed by atoms with Crippen LogP contribution in [0.25, 0.3) is 0 Å². The first-order valence-electron chi connectivity index (χ1n) is 24.5. The monoisotopic (exact) mass is 1670 g/mol. The number of aliphatic hydroxyl groups is 1. The molecule has 5 aromatic rings. The van der Waals surface area contributed by atoms with Crippen molar-refractivity contribution in [2.75, 3.05) is 7.11 Å². The zero-order valence-corrected chi connectivity index (χ0v) is 61.5. The molecule has 0 bridgehead atoms. The number of para-hydroxylation sites is 1. The number of carboxylic acid groups (broad SMARTS) is 2. The molecule has 0 radical (unpaired) electrons. The molecule has 0 spiro atoms. The van der Waals surface area contributed by atoms with Crippen LogP contribution in [0, 0.1) is 0 Å². The van der Waals surface area contributed by atoms with E-state index in [-0.39, 0.29) is 51.7 Å². The highest BCUT2D eigenvalue weighted by Gasteiger charge is 2.37. The summed E-state index contributed by atoms with van der Waals surface area (Å²) in [7, 11) is 16.1. The Morgan fingerprint density at radius 2 is 0.783 bits per heavy atom. The average Bonchev–Trinajstić information content (AvgIpc) is 4.37. The highest BCUT2D eigenvalue weighted by Crippen LogP contribution is 2.44. The molecule has 10 rings (SSSR count). The summed E-state index contributed by atoms with van der Waals surface area (Å²) in [6.45, 7) is 20.2. The number of alkyl halides is 1. The van der Waals surface area contributed by atoms with Crippen LogP contribution in [0.15, 0.2) is 84.6 Å². The van der Waals surface area contributed by atoms with E-state index in [1.54, 1.807) is 24.3 Å². The molecule has 14 nitrogen and oxygen atoms in total. The highest BCUT2D eigenvalue weighted by molar-refractivity contribution is 9.93. The van der Waals surface area contributed by atoms with E-state index in [1.165, 1.54) is 18.2 Å². The first kappa shape index (κ1) is 75.4. The molecule has 5 aromatic carbocycles. The predicted octanol–water partition coefficient (Wildman–Crippen LogP) is 18.2. The molecule has 0 aromatic heterocycles. The molecule has 0 aliphatic carbocycles. The minimum Gasteiger partial charge on any atom is -0.487 e. The van der Waals surface area contributed by atoms with E-state index in [0.717, 1.165) is 89.3 Å². The normalized spacial score (nSPS) is 16.1. The van der Waals surface area contributed by atoms with Gasteiger partial charge >= 0.3 is 17.9 Å². The largest absolute Gasteiger partial charge is 0.487 e. The second kappa shape index (κ2) is 32.5. The molecule has 5 aliphatic heterocycles. The first-order chi connectivity index (χ1) is 38.3. The summed E-state index contributed by atoms with van der Waals surface area (Å²) >= 11 is 25.0. The minimum atomic E-state index is -1.67. The van der Waals surface area contributed by atoms with Gasteiger partial charge in [0.2, 0.25) is 18.5 Å². The number of hydrogen-bond acceptors (Lipinski definition) is 12. The van der Waals surface area contributed by atoms with E-state index in [0.29, 0.717) is 28.7 Å². The van der Waals surface area contributed by atoms with Crippen LogP contribution in [0.4, 0.5) is 0 Å². The summed E-state index contributed by atoms with van der Waals surface area (Å²) in [5.74, 6) is 1.78. The van der Waals surface area contributed by atoms with Crippen molar-refractivity contribution in [3.05, 3.63) is 140 Å². The molecule has 5 heterocycles. The lowest BCUT2D eigenvalue weighted by Gasteiger charge is -2.17. The number of aromatic carboxylic acids is 2. The zero-order chi connectivity index (χ0) is 63.3. The third kappa shape index (κ3) is 23.5. The number of ether oxygens (including phenoxy) is 6. The summed E-state index contributed by atoms with van der Waals surface area (Å²) in [4.78, 5) is 33.5. The van der Waals surface area contributed by atoms with Crippen molar-refractivity contribution in [3.63, 3.8) is 0 Å². The number of carbonyl (C=O) groups excluding carboxylic acids is 1. The van der Waals surface area contributed by atoms with Gasteiger partial charge in [0.25, 0.3) is 0 Å². The van der Waals surface area contributed by atoms with Crippen LogP contribution in [0.2, 0.25) is 0 Å². The molecule has 27 heteroatoms. The van der Waals surface area contributed by atoms with Gasteiger partial charge in [0.1, 0.15) is 73.4 Å². The number of rotatable bonds is 5. The standard InChI is InChI=1S/C12H13BrO3.C11H12BrClO.C11H11BrO3.C11H13BrO2.C11H12O3.Br2.2Cl2OS/c1-12(2)6-7-4-8(13)5-9(10(7)16-12)11(14)15-3;1-11(2)5-7-3-9(12)4-8(6-13)10(7)14-11;1-11(2)5-6-3-7(12)4-8(10(13)14)9(6)15-11;1-11(2)5-7-3-9(12)4-8(6-13)10(7)14-11;1-11(2)6-7-4-3-5-8(10(12)13)9(7)14-11;1-2;2*1-4(2)3/h4-5H,6H2,1-3H3;3-4H,5-6H2,1-2H3;3-4H,5H2,1-2H3,(H,13,14);3-4,13H,5-6H2,1-2H3;3-5H,6H2,1-2H3,(H,12,13);;;. The lowest BCUT2D eigenvalue weighted by Crippen LogP contribution is -2.25. The van der Waals surface area contributed by atoms with Crippen LogP contribution in [-0.4, -0.2) is 76.8 Å². The lowest BCUT2D eigenvalue weighted by atomic mass is 10.0. The number of hydrogen-bond donors (Lipinski definition) is 3. The van der Waals surface area contributed by atoms with E-state index in [9.17, 15) is 19.5 Å². The zero-order valence-electron chi connectivity index (χ0n) is 46.6. The van der Waals surface area contributed by atoms with E-state index in [2.05, 4.69) is 175 Å². The van der Waals surface area contributed by atoms with Crippen molar-refractivity contribution in [2.45, 2.75) is 142 Å². The molecule has 0 saturated carbocycles. The molecule has 0 atom stereocenters. The molecule has 0 unspecified atom stereocenters. The van der Waals surface area contributed by atoms with Crippen molar-refractivity contribution < 1.29 is 66.5 Å². The Labute approximate surface area is 561 Å². The van der Waals surface area contributed by atoms with Crippen LogP contribution in [-0.2, 0) is 67.8 Å². The van der Waals surface area contributed by atoms with Crippen molar-refractivity contribution in [1.29, 1.82) is 0 Å². The van der Waals surface area contributed by atoms with E-state index >= 15 is 0 Å². The van der Waals surface area contributed by atoms with Crippen LogP contribution in [0.5, 0.6) is 28.7 Å². The Morgan fingerprint density at radius 1 is 0.494 bits per heavy atom. The van der Waals surface area contributed by atoms with Crippen LogP contribution < -0.4 is 23.7 Å². The molecular weight excluding hydrogens is 1620 g/mol. The number of halogens is 11. The SMILES string of the molecule is BrBr.CC1(C)Cc2cc(Br)cc(C(=O)O)c2O1.CC1(C)Cc2cc(Br)cc(CCl)c2O1.CC1(C)Cc2cc(Br)cc(CO)c2O1.CC1(C)Cc2cccc(C(=O)O)c2O1.COC(=O)c1cc(Br)cc2c1OC(C)(C)C2.O=S(Cl)Cl.O=S(Cl)Cl. The minimum absolute atomic E-state index is 0.0256. The number of aliphatic hydroxyl groups excluding tert-OH is 1. The third-order valence-corrected chi connectivity index (χ3v) is 14.0. The van der Waals surface area contributed by atoms with Gasteiger partial charge in [0.15, 0.2) is 0 Å². The second-order valence-corrected chi connectivity index (χ2v) is 30.7. The first-order valence-corrected chi connectivity index (χ1v) is 37.5. The summed E-state index contributed by atoms with van der Waals surface area (Å²) in [5.41, 5.74) is 7.20. The van der Waals surface area contributed by atoms with Gasteiger partial charge in [-0.15, -0.1) is 11.6 Å². The van der Waals surface area contributed by atoms with Gasteiger partial charge in [-0.05, 0) is 141 Å². The fourth-order valence-corrected chi connectivity index (χ4v) is 11.6. The summed E-state index contributed by atoms with van der Waals surface area (Å²) in [6.07, 6.45) is 4.15. The average molecular weight is 1680 g/mol. The van der Waals surface area contributed by atoms with Gasteiger partial charge in [0.05, 0.1) is 19.6 Å². The number of fused-ring (bicyclic) bond motifs is 5. The molecule has 0 fully saturated rings. The lowest BCUT2D eigenvalue weighted by molar-refractivity contribution is 0.0587. The number of benzene rings is 5. The highest BCUT2D eigenvalue weighted by atomic mass is 80.9. The maximum Gasteiger partial charge on any atom is 0.341 e. The Hall–Kier alpha value is -1.90. The number of methoxy groups -OCH3 is 1. The maximum atomic E-state index is 11.6. The molecule has 83 heavy (non-hydrogen) atoms. The van der Waals surface area contributed by atoms with Gasteiger partial charge in [-0.3, -0.25) is 0 Å². The van der Waals surface area contributed by atoms with Crippen LogP contribution >= 0.6 is 146 Å². The molecule has 0 saturated heterocycles.